The summed E-state index contributed by atoms with van der Waals surface area (Å²) in [6.45, 7) is 2.65. The number of benzene rings is 1. The fourth-order valence-electron chi connectivity index (χ4n) is 2.66. The number of anilines is 1. The number of carbonyl (C=O) groups excluding carboxylic acids is 2. The van der Waals surface area contributed by atoms with Gasteiger partial charge in [-0.15, -0.1) is 0 Å². The van der Waals surface area contributed by atoms with Gasteiger partial charge in [-0.2, -0.15) is 0 Å². The van der Waals surface area contributed by atoms with Crippen molar-refractivity contribution in [1.82, 2.24) is 0 Å². The largest absolute Gasteiger partial charge is 0.465 e. The predicted octanol–water partition coefficient (Wildman–Crippen LogP) is 3.77. The number of unbranched alkanes of at least 4 members (excludes halogenated alkanes) is 3. The van der Waals surface area contributed by atoms with Gasteiger partial charge < -0.3 is 9.47 Å². The van der Waals surface area contributed by atoms with Crippen LogP contribution >= 0.6 is 0 Å². The molecule has 1 aromatic rings. The summed E-state index contributed by atoms with van der Waals surface area (Å²) >= 11 is 0. The van der Waals surface area contributed by atoms with E-state index in [0.29, 0.717) is 17.8 Å². The first-order chi connectivity index (χ1) is 10.7. The maximum Gasteiger partial charge on any atom is 0.414 e. The Morgan fingerprint density at radius 3 is 2.82 bits per heavy atom. The zero-order valence-electron chi connectivity index (χ0n) is 13.2. The van der Waals surface area contributed by atoms with Gasteiger partial charge >= 0.3 is 12.1 Å². The molecule has 1 aromatic carbocycles. The summed E-state index contributed by atoms with van der Waals surface area (Å²) in [6, 6.07) is 6.94. The molecule has 0 saturated carbocycles. The molecule has 0 radical (unpaired) electrons. The molecule has 22 heavy (non-hydrogen) atoms. The molecule has 1 unspecified atom stereocenters. The van der Waals surface area contributed by atoms with Crippen molar-refractivity contribution in [2.75, 3.05) is 18.6 Å². The minimum atomic E-state index is -0.449. The summed E-state index contributed by atoms with van der Waals surface area (Å²) < 4.78 is 10.2. The Bertz CT molecular complexity index is 529. The molecule has 5 nitrogen and oxygen atoms in total. The predicted molar refractivity (Wildman–Crippen MR) is 84.2 cm³/mol. The molecule has 0 aliphatic carbocycles. The highest BCUT2D eigenvalue weighted by Gasteiger charge is 2.33. The molecular weight excluding hydrogens is 282 g/mol. The van der Waals surface area contributed by atoms with E-state index in [0.717, 1.165) is 19.3 Å². The van der Waals surface area contributed by atoms with Crippen LogP contribution in [0.15, 0.2) is 24.3 Å². The van der Waals surface area contributed by atoms with Crippen molar-refractivity contribution in [2.45, 2.75) is 45.1 Å². The van der Waals surface area contributed by atoms with E-state index in [1.807, 2.05) is 0 Å². The van der Waals surface area contributed by atoms with Crippen LogP contribution in [0.5, 0.6) is 0 Å². The maximum atomic E-state index is 12.1. The monoisotopic (exact) mass is 305 g/mol. The van der Waals surface area contributed by atoms with Gasteiger partial charge in [0.15, 0.2) is 0 Å². The zero-order valence-corrected chi connectivity index (χ0v) is 13.2. The highest BCUT2D eigenvalue weighted by atomic mass is 16.6. The van der Waals surface area contributed by atoms with Gasteiger partial charge in [0, 0.05) is 0 Å². The van der Waals surface area contributed by atoms with E-state index >= 15 is 0 Å². The maximum absolute atomic E-state index is 12.1. The second-order valence-electron chi connectivity index (χ2n) is 5.47. The summed E-state index contributed by atoms with van der Waals surface area (Å²) in [5.41, 5.74) is 0.934. The summed E-state index contributed by atoms with van der Waals surface area (Å²) in [5, 5.41) is 0. The topological polar surface area (TPSA) is 55.8 Å². The van der Waals surface area contributed by atoms with Crippen molar-refractivity contribution in [3.05, 3.63) is 29.8 Å². The third kappa shape index (κ3) is 3.78. The number of esters is 1. The molecule has 0 bridgehead atoms. The summed E-state index contributed by atoms with van der Waals surface area (Å²) in [6.07, 6.45) is 4.97. The third-order valence-electron chi connectivity index (χ3n) is 3.85. The van der Waals surface area contributed by atoms with Gasteiger partial charge in [-0.1, -0.05) is 38.3 Å². The van der Waals surface area contributed by atoms with E-state index in [4.69, 9.17) is 9.47 Å². The molecule has 120 valence electrons. The zero-order chi connectivity index (χ0) is 15.9. The second kappa shape index (κ2) is 7.82. The lowest BCUT2D eigenvalue weighted by Crippen LogP contribution is -2.26. The lowest BCUT2D eigenvalue weighted by atomic mass is 10.1. The molecule has 1 aliphatic heterocycles. The van der Waals surface area contributed by atoms with Crippen molar-refractivity contribution in [2.24, 2.45) is 0 Å². The lowest BCUT2D eigenvalue weighted by Gasteiger charge is -2.16. The van der Waals surface area contributed by atoms with Crippen molar-refractivity contribution in [1.29, 1.82) is 0 Å². The van der Waals surface area contributed by atoms with Crippen LogP contribution in [0.3, 0.4) is 0 Å². The summed E-state index contributed by atoms with van der Waals surface area (Å²) in [7, 11) is 1.33. The molecule has 1 saturated heterocycles. The van der Waals surface area contributed by atoms with Crippen LogP contribution in [0.1, 0.15) is 49.4 Å². The van der Waals surface area contributed by atoms with Crippen LogP contribution in [0.4, 0.5) is 10.5 Å². The van der Waals surface area contributed by atoms with Crippen LogP contribution in [-0.4, -0.2) is 31.8 Å². The standard InChI is InChI=1S/C17H23NO4/c1-3-4-5-6-9-13-12-18(17(20)22-13)15-11-8-7-10-14(15)16(19)21-2/h7-8,10-11,13H,3-6,9,12H2,1-2H3. The molecule has 1 atom stereocenters. The van der Waals surface area contributed by atoms with E-state index in [1.54, 1.807) is 24.3 Å². The smallest absolute Gasteiger partial charge is 0.414 e. The number of hydrogen-bond acceptors (Lipinski definition) is 4. The number of cyclic esters (lactones) is 1. The molecule has 5 heteroatoms. The first-order valence-corrected chi connectivity index (χ1v) is 7.82. The van der Waals surface area contributed by atoms with E-state index in [2.05, 4.69) is 6.92 Å². The van der Waals surface area contributed by atoms with Gasteiger partial charge in [-0.25, -0.2) is 9.59 Å². The molecular formula is C17H23NO4. The van der Waals surface area contributed by atoms with E-state index in [1.165, 1.54) is 24.9 Å². The molecule has 2 rings (SSSR count). The van der Waals surface area contributed by atoms with E-state index < -0.39 is 12.1 Å². The fourth-order valence-corrected chi connectivity index (χ4v) is 2.66. The van der Waals surface area contributed by atoms with Crippen molar-refractivity contribution < 1.29 is 19.1 Å². The van der Waals surface area contributed by atoms with Gasteiger partial charge in [0.05, 0.1) is 24.9 Å². The minimum absolute atomic E-state index is 0.102. The molecule has 1 aliphatic rings. The highest BCUT2D eigenvalue weighted by molar-refractivity contribution is 6.01. The molecule has 1 amide bonds. The van der Waals surface area contributed by atoms with Crippen molar-refractivity contribution in [3.8, 4) is 0 Å². The Kier molecular flexibility index (Phi) is 5.81. The minimum Gasteiger partial charge on any atom is -0.465 e. The first-order valence-electron chi connectivity index (χ1n) is 7.82. The first kappa shape index (κ1) is 16.3. The number of ether oxygens (including phenoxy) is 2. The van der Waals surface area contributed by atoms with E-state index in [9.17, 15) is 9.59 Å². The Morgan fingerprint density at radius 1 is 1.32 bits per heavy atom. The number of rotatable bonds is 7. The van der Waals surface area contributed by atoms with Crippen LogP contribution in [0, 0.1) is 0 Å². The second-order valence-corrected chi connectivity index (χ2v) is 5.47. The molecule has 0 spiro atoms. The lowest BCUT2D eigenvalue weighted by molar-refractivity contribution is 0.0601. The average Bonchev–Trinajstić information content (AvgIpc) is 2.91. The average molecular weight is 305 g/mol. The van der Waals surface area contributed by atoms with Crippen LogP contribution in [0.25, 0.3) is 0 Å². The number of carbonyl (C=O) groups is 2. The van der Waals surface area contributed by atoms with Gasteiger partial charge in [-0.3, -0.25) is 4.90 Å². The Morgan fingerprint density at radius 2 is 2.09 bits per heavy atom. The van der Waals surface area contributed by atoms with Crippen molar-refractivity contribution in [3.63, 3.8) is 0 Å². The van der Waals surface area contributed by atoms with E-state index in [-0.39, 0.29) is 6.10 Å². The van der Waals surface area contributed by atoms with Crippen molar-refractivity contribution >= 4 is 17.7 Å². The summed E-state index contributed by atoms with van der Waals surface area (Å²) in [4.78, 5) is 25.4. The van der Waals surface area contributed by atoms with Crippen LogP contribution in [-0.2, 0) is 9.47 Å². The number of para-hydroxylation sites is 1. The molecule has 0 aromatic heterocycles. The van der Waals surface area contributed by atoms with Gasteiger partial charge in [0.2, 0.25) is 0 Å². The van der Waals surface area contributed by atoms with Crippen LogP contribution in [0.2, 0.25) is 0 Å². The molecule has 1 heterocycles. The van der Waals surface area contributed by atoms with Crippen LogP contribution < -0.4 is 4.90 Å². The normalized spacial score (nSPS) is 17.5. The van der Waals surface area contributed by atoms with Gasteiger partial charge in [0.1, 0.15) is 6.10 Å². The fraction of sp³-hybridized carbons (Fsp3) is 0.529. The molecule has 0 N–H and O–H groups in total. The number of hydrogen-bond donors (Lipinski definition) is 0. The SMILES string of the molecule is CCCCCCC1CN(c2ccccc2C(=O)OC)C(=O)O1. The number of methoxy groups -OCH3 is 1. The Balaban J connectivity index is 2.04. The quantitative estimate of drug-likeness (QED) is 0.568. The van der Waals surface area contributed by atoms with Gasteiger partial charge in [0.25, 0.3) is 0 Å². The number of nitrogens with zero attached hydrogens (tertiary/aromatic N) is 1. The Labute approximate surface area is 131 Å². The molecule has 1 fully saturated rings. The number of amides is 1. The van der Waals surface area contributed by atoms with Gasteiger partial charge in [-0.05, 0) is 25.0 Å². The summed E-state index contributed by atoms with van der Waals surface area (Å²) in [5.74, 6) is -0.449. The third-order valence-corrected chi connectivity index (χ3v) is 3.85. The Hall–Kier alpha value is -2.04. The highest BCUT2D eigenvalue weighted by Crippen LogP contribution is 2.27.